The Balaban J connectivity index is 2.46. The Morgan fingerprint density at radius 1 is 1.35 bits per heavy atom. The quantitative estimate of drug-likeness (QED) is 0.667. The van der Waals surface area contributed by atoms with Gasteiger partial charge in [-0.15, -0.1) is 0 Å². The van der Waals surface area contributed by atoms with Gasteiger partial charge in [-0.3, -0.25) is 4.79 Å². The first-order chi connectivity index (χ1) is 12.3. The number of nitriles is 1. The summed E-state index contributed by atoms with van der Waals surface area (Å²) in [4.78, 5) is 10.9. The zero-order valence-electron chi connectivity index (χ0n) is 14.1. The van der Waals surface area contributed by atoms with Crippen molar-refractivity contribution in [1.29, 1.82) is 5.26 Å². The third-order valence-corrected chi connectivity index (χ3v) is 5.29. The molecule has 0 spiro atoms. The molecule has 2 aromatic rings. The number of sulfonamides is 1. The van der Waals surface area contributed by atoms with E-state index in [0.717, 1.165) is 6.42 Å². The van der Waals surface area contributed by atoms with E-state index < -0.39 is 16.0 Å². The van der Waals surface area contributed by atoms with Gasteiger partial charge in [-0.25, -0.2) is 13.1 Å². The van der Waals surface area contributed by atoms with Gasteiger partial charge in [0.25, 0.3) is 0 Å². The van der Waals surface area contributed by atoms with Crippen molar-refractivity contribution >= 4 is 27.6 Å². The Morgan fingerprint density at radius 3 is 2.69 bits per heavy atom. The van der Waals surface area contributed by atoms with Gasteiger partial charge in [-0.05, 0) is 30.2 Å². The second-order valence-corrected chi connectivity index (χ2v) is 7.89. The Bertz CT molecular complexity index is 961. The van der Waals surface area contributed by atoms with Crippen LogP contribution in [0.2, 0.25) is 5.02 Å². The molecule has 0 bridgehead atoms. The molecule has 0 aliphatic carbocycles. The fourth-order valence-electron chi connectivity index (χ4n) is 2.41. The summed E-state index contributed by atoms with van der Waals surface area (Å²) in [6.45, 7) is 1.97. The molecule has 1 heterocycles. The van der Waals surface area contributed by atoms with Gasteiger partial charge in [0, 0.05) is 29.5 Å². The van der Waals surface area contributed by atoms with Gasteiger partial charge in [0.1, 0.15) is 12.6 Å². The zero-order chi connectivity index (χ0) is 19.3. The highest BCUT2D eigenvalue weighted by Crippen LogP contribution is 2.30. The summed E-state index contributed by atoms with van der Waals surface area (Å²) in [6, 6.07) is 6.27. The minimum Gasteiger partial charge on any atom is -0.480 e. The van der Waals surface area contributed by atoms with Crippen LogP contribution in [0.3, 0.4) is 0 Å². The number of carbonyl (C=O) groups is 1. The number of benzene rings is 1. The number of halogens is 1. The third-order valence-electron chi connectivity index (χ3n) is 3.63. The summed E-state index contributed by atoms with van der Waals surface area (Å²) in [5.74, 6) is -1.05. The minimum atomic E-state index is -3.74. The van der Waals surface area contributed by atoms with Crippen molar-refractivity contribution < 1.29 is 18.3 Å². The lowest BCUT2D eigenvalue weighted by molar-refractivity contribution is -0.137. The lowest BCUT2D eigenvalue weighted by atomic mass is 10.1. The SMILES string of the molecule is CCCCNS(=O)(=O)c1cc(Cl)cc(-c2cn(CC(=O)O)cc2C#N)c1. The average Bonchev–Trinajstić information content (AvgIpc) is 2.96. The second kappa shape index (κ2) is 8.36. The highest BCUT2D eigenvalue weighted by Gasteiger charge is 2.18. The second-order valence-electron chi connectivity index (χ2n) is 5.69. The summed E-state index contributed by atoms with van der Waals surface area (Å²) >= 11 is 6.08. The maximum Gasteiger partial charge on any atom is 0.323 e. The maximum atomic E-state index is 12.4. The highest BCUT2D eigenvalue weighted by atomic mass is 35.5. The molecule has 0 saturated carbocycles. The van der Waals surface area contributed by atoms with Gasteiger partial charge in [-0.2, -0.15) is 5.26 Å². The van der Waals surface area contributed by atoms with Crippen LogP contribution < -0.4 is 4.72 Å². The molecular weight excluding hydrogens is 378 g/mol. The summed E-state index contributed by atoms with van der Waals surface area (Å²) in [6.07, 6.45) is 4.45. The van der Waals surface area contributed by atoms with E-state index in [9.17, 15) is 18.5 Å². The Morgan fingerprint density at radius 2 is 2.08 bits per heavy atom. The van der Waals surface area contributed by atoms with Crippen LogP contribution in [0.1, 0.15) is 25.3 Å². The van der Waals surface area contributed by atoms with Crippen LogP contribution in [0.5, 0.6) is 0 Å². The third kappa shape index (κ3) is 4.85. The number of aromatic nitrogens is 1. The normalized spacial score (nSPS) is 11.3. The molecule has 0 radical (unpaired) electrons. The number of hydrogen-bond acceptors (Lipinski definition) is 4. The molecule has 0 saturated heterocycles. The summed E-state index contributed by atoms with van der Waals surface area (Å²) in [5.41, 5.74) is 1.08. The van der Waals surface area contributed by atoms with E-state index >= 15 is 0 Å². The molecule has 26 heavy (non-hydrogen) atoms. The van der Waals surface area contributed by atoms with E-state index in [1.54, 1.807) is 0 Å². The van der Waals surface area contributed by atoms with Gasteiger partial charge in [0.05, 0.1) is 10.5 Å². The van der Waals surface area contributed by atoms with E-state index in [2.05, 4.69) is 4.72 Å². The first-order valence-electron chi connectivity index (χ1n) is 7.89. The topological polar surface area (TPSA) is 112 Å². The van der Waals surface area contributed by atoms with Gasteiger partial charge < -0.3 is 9.67 Å². The Hall–Kier alpha value is -2.34. The first-order valence-corrected chi connectivity index (χ1v) is 9.75. The largest absolute Gasteiger partial charge is 0.480 e. The summed E-state index contributed by atoms with van der Waals surface area (Å²) in [7, 11) is -3.74. The van der Waals surface area contributed by atoms with Crippen LogP contribution in [0.4, 0.5) is 0 Å². The molecule has 1 aromatic heterocycles. The fraction of sp³-hybridized carbons (Fsp3) is 0.294. The van der Waals surface area contributed by atoms with Gasteiger partial charge in [-0.1, -0.05) is 24.9 Å². The van der Waals surface area contributed by atoms with E-state index in [-0.39, 0.29) is 22.0 Å². The Kier molecular flexibility index (Phi) is 6.42. The van der Waals surface area contributed by atoms with Crippen molar-refractivity contribution in [3.8, 4) is 17.2 Å². The van der Waals surface area contributed by atoms with Gasteiger partial charge in [0.15, 0.2) is 0 Å². The van der Waals surface area contributed by atoms with Crippen LogP contribution in [-0.2, 0) is 21.4 Å². The highest BCUT2D eigenvalue weighted by molar-refractivity contribution is 7.89. The number of aliphatic carboxylic acids is 1. The Labute approximate surface area is 156 Å². The van der Waals surface area contributed by atoms with E-state index in [1.807, 2.05) is 13.0 Å². The fourth-order valence-corrected chi connectivity index (χ4v) is 3.86. The molecular formula is C17H18ClN3O4S. The van der Waals surface area contributed by atoms with Crippen molar-refractivity contribution in [2.45, 2.75) is 31.2 Å². The number of hydrogen-bond donors (Lipinski definition) is 2. The van der Waals surface area contributed by atoms with Crippen LogP contribution in [0.15, 0.2) is 35.5 Å². The molecule has 0 unspecified atom stereocenters. The molecule has 0 aliphatic rings. The van der Waals surface area contributed by atoms with Crippen molar-refractivity contribution in [3.05, 3.63) is 41.2 Å². The number of carboxylic acid groups (broad SMARTS) is 1. The van der Waals surface area contributed by atoms with Gasteiger partial charge >= 0.3 is 5.97 Å². The molecule has 138 valence electrons. The molecule has 0 atom stereocenters. The standard InChI is InChI=1S/C17H18ClN3O4S/c1-2-3-4-20-26(24,25)15-6-12(5-14(18)7-15)16-10-21(11-17(22)23)9-13(16)8-19/h5-7,9-10,20H,2-4,11H2,1H3,(H,22,23). The van der Waals surface area contributed by atoms with Crippen LogP contribution in [0, 0.1) is 11.3 Å². The molecule has 9 heteroatoms. The van der Waals surface area contributed by atoms with Gasteiger partial charge in [0.2, 0.25) is 10.0 Å². The number of nitrogens with zero attached hydrogens (tertiary/aromatic N) is 2. The summed E-state index contributed by atoms with van der Waals surface area (Å²) in [5, 5.41) is 18.4. The molecule has 2 rings (SSSR count). The molecule has 0 amide bonds. The van der Waals surface area contributed by atoms with Crippen molar-refractivity contribution in [2.24, 2.45) is 0 Å². The maximum absolute atomic E-state index is 12.4. The number of carboxylic acids is 1. The zero-order valence-corrected chi connectivity index (χ0v) is 15.6. The predicted molar refractivity (Wildman–Crippen MR) is 97.3 cm³/mol. The average molecular weight is 396 g/mol. The molecule has 2 N–H and O–H groups in total. The molecule has 7 nitrogen and oxygen atoms in total. The van der Waals surface area contributed by atoms with E-state index in [1.165, 1.54) is 35.2 Å². The van der Waals surface area contributed by atoms with E-state index in [4.69, 9.17) is 16.7 Å². The summed E-state index contributed by atoms with van der Waals surface area (Å²) < 4.78 is 28.7. The molecule has 0 aliphatic heterocycles. The first kappa shape index (κ1) is 20.0. The van der Waals surface area contributed by atoms with Crippen molar-refractivity contribution in [2.75, 3.05) is 6.54 Å². The number of nitrogens with one attached hydrogen (secondary N) is 1. The molecule has 0 fully saturated rings. The predicted octanol–water partition coefficient (Wildman–Crippen LogP) is 2.84. The van der Waals surface area contributed by atoms with Crippen molar-refractivity contribution in [1.82, 2.24) is 9.29 Å². The van der Waals surface area contributed by atoms with Crippen LogP contribution in [-0.4, -0.2) is 30.6 Å². The minimum absolute atomic E-state index is 0.00835. The number of unbranched alkanes of at least 4 members (excludes halogenated alkanes) is 1. The van der Waals surface area contributed by atoms with E-state index in [0.29, 0.717) is 24.1 Å². The lowest BCUT2D eigenvalue weighted by Crippen LogP contribution is -2.24. The van der Waals surface area contributed by atoms with Crippen LogP contribution >= 0.6 is 11.6 Å². The van der Waals surface area contributed by atoms with Crippen molar-refractivity contribution in [3.63, 3.8) is 0 Å². The smallest absolute Gasteiger partial charge is 0.323 e. The van der Waals surface area contributed by atoms with Crippen LogP contribution in [0.25, 0.3) is 11.1 Å². The lowest BCUT2D eigenvalue weighted by Gasteiger charge is -2.09. The monoisotopic (exact) mass is 395 g/mol. The number of rotatable bonds is 8. The molecule has 1 aromatic carbocycles.